The van der Waals surface area contributed by atoms with Crippen molar-refractivity contribution in [3.8, 4) is 0 Å². The summed E-state index contributed by atoms with van der Waals surface area (Å²) in [7, 11) is 0. The Morgan fingerprint density at radius 3 is 2.95 bits per heavy atom. The van der Waals surface area contributed by atoms with Crippen LogP contribution >= 0.6 is 22.7 Å². The lowest BCUT2D eigenvalue weighted by molar-refractivity contribution is -0.142. The molecule has 0 aliphatic rings. The second-order valence-corrected chi connectivity index (χ2v) is 5.19. The molecular formula is C11H11N3O3S2. The summed E-state index contributed by atoms with van der Waals surface area (Å²) < 4.78 is 4.83. The van der Waals surface area contributed by atoms with Crippen molar-refractivity contribution in [2.24, 2.45) is 0 Å². The standard InChI is InChI=1S/C11H11N3O3S2/c1-2-17-9(15)3-7-5-18-11(13-7)14-10(16)8-4-12-6-19-8/h4-6H,2-3H2,1H3,(H,13,14,16). The van der Waals surface area contributed by atoms with Crippen molar-refractivity contribution < 1.29 is 14.3 Å². The third-order valence-corrected chi connectivity index (χ3v) is 3.64. The van der Waals surface area contributed by atoms with Gasteiger partial charge in [0.25, 0.3) is 5.91 Å². The molecule has 0 aromatic carbocycles. The monoisotopic (exact) mass is 297 g/mol. The van der Waals surface area contributed by atoms with Crippen LogP contribution < -0.4 is 5.32 Å². The van der Waals surface area contributed by atoms with E-state index in [-0.39, 0.29) is 18.3 Å². The van der Waals surface area contributed by atoms with E-state index in [0.717, 1.165) is 0 Å². The average Bonchev–Trinajstić information content (AvgIpc) is 3.00. The number of nitrogens with one attached hydrogen (secondary N) is 1. The third-order valence-electron chi connectivity index (χ3n) is 2.06. The molecule has 2 heterocycles. The van der Waals surface area contributed by atoms with Crippen molar-refractivity contribution >= 4 is 39.7 Å². The van der Waals surface area contributed by atoms with Crippen LogP contribution in [-0.2, 0) is 16.0 Å². The third kappa shape index (κ3) is 3.83. The molecule has 0 saturated heterocycles. The number of esters is 1. The van der Waals surface area contributed by atoms with E-state index in [1.54, 1.807) is 17.8 Å². The lowest BCUT2D eigenvalue weighted by Gasteiger charge is -1.99. The fourth-order valence-corrected chi connectivity index (χ4v) is 2.51. The van der Waals surface area contributed by atoms with Gasteiger partial charge in [-0.25, -0.2) is 4.98 Å². The summed E-state index contributed by atoms with van der Waals surface area (Å²) in [5.74, 6) is -0.576. The van der Waals surface area contributed by atoms with Crippen molar-refractivity contribution in [1.82, 2.24) is 9.97 Å². The fraction of sp³-hybridized carbons (Fsp3) is 0.273. The van der Waals surface area contributed by atoms with Gasteiger partial charge in [-0.2, -0.15) is 0 Å². The Labute approximate surface area is 117 Å². The molecule has 0 spiro atoms. The summed E-state index contributed by atoms with van der Waals surface area (Å²) in [6, 6.07) is 0. The van der Waals surface area contributed by atoms with Gasteiger partial charge >= 0.3 is 5.97 Å². The van der Waals surface area contributed by atoms with Gasteiger partial charge in [0.15, 0.2) is 5.13 Å². The van der Waals surface area contributed by atoms with Gasteiger partial charge in [-0.1, -0.05) is 0 Å². The second kappa shape index (κ2) is 6.39. The number of hydrogen-bond acceptors (Lipinski definition) is 7. The highest BCUT2D eigenvalue weighted by molar-refractivity contribution is 7.14. The summed E-state index contributed by atoms with van der Waals surface area (Å²) in [5.41, 5.74) is 2.17. The Hall–Kier alpha value is -1.80. The minimum Gasteiger partial charge on any atom is -0.466 e. The van der Waals surface area contributed by atoms with Crippen molar-refractivity contribution in [2.45, 2.75) is 13.3 Å². The number of nitrogens with zero attached hydrogens (tertiary/aromatic N) is 2. The molecule has 0 unspecified atom stereocenters. The number of anilines is 1. The van der Waals surface area contributed by atoms with Gasteiger partial charge in [0.05, 0.1) is 30.4 Å². The Bertz CT molecular complexity index is 566. The van der Waals surface area contributed by atoms with Crippen molar-refractivity contribution in [3.63, 3.8) is 0 Å². The van der Waals surface area contributed by atoms with Gasteiger partial charge in [0.1, 0.15) is 4.88 Å². The summed E-state index contributed by atoms with van der Waals surface area (Å²) in [6.07, 6.45) is 1.61. The molecular weight excluding hydrogens is 286 g/mol. The molecule has 100 valence electrons. The van der Waals surface area contributed by atoms with Gasteiger partial charge in [-0.3, -0.25) is 19.9 Å². The molecule has 8 heteroatoms. The van der Waals surface area contributed by atoms with E-state index in [4.69, 9.17) is 4.74 Å². The molecule has 0 aliphatic heterocycles. The molecule has 0 bridgehead atoms. The lowest BCUT2D eigenvalue weighted by atomic mass is 10.3. The normalized spacial score (nSPS) is 10.2. The van der Waals surface area contributed by atoms with Crippen LogP contribution in [0.4, 0.5) is 5.13 Å². The molecule has 1 amide bonds. The molecule has 0 aliphatic carbocycles. The summed E-state index contributed by atoms with van der Waals surface area (Å²) in [4.78, 5) is 31.5. The first kappa shape index (κ1) is 13.6. The van der Waals surface area contributed by atoms with Gasteiger partial charge in [-0.15, -0.1) is 22.7 Å². The molecule has 2 rings (SSSR count). The summed E-state index contributed by atoms with van der Waals surface area (Å²) >= 11 is 2.52. The number of thiazole rings is 2. The Kier molecular flexibility index (Phi) is 4.58. The smallest absolute Gasteiger partial charge is 0.311 e. The Morgan fingerprint density at radius 2 is 2.26 bits per heavy atom. The number of aromatic nitrogens is 2. The molecule has 2 aromatic rings. The van der Waals surface area contributed by atoms with Gasteiger partial charge in [0.2, 0.25) is 0 Å². The maximum atomic E-state index is 11.7. The average molecular weight is 297 g/mol. The quantitative estimate of drug-likeness (QED) is 0.853. The molecule has 0 atom stereocenters. The first-order chi connectivity index (χ1) is 9.19. The van der Waals surface area contributed by atoms with E-state index in [9.17, 15) is 9.59 Å². The van der Waals surface area contributed by atoms with Crippen LogP contribution in [0.1, 0.15) is 22.3 Å². The molecule has 19 heavy (non-hydrogen) atoms. The van der Waals surface area contributed by atoms with Crippen LogP contribution in [0.25, 0.3) is 0 Å². The van der Waals surface area contributed by atoms with Crippen molar-refractivity contribution in [1.29, 1.82) is 0 Å². The number of ether oxygens (including phenoxy) is 1. The van der Waals surface area contributed by atoms with E-state index in [0.29, 0.717) is 22.3 Å². The highest BCUT2D eigenvalue weighted by Crippen LogP contribution is 2.18. The largest absolute Gasteiger partial charge is 0.466 e. The highest BCUT2D eigenvalue weighted by Gasteiger charge is 2.12. The van der Waals surface area contributed by atoms with E-state index >= 15 is 0 Å². The van der Waals surface area contributed by atoms with Gasteiger partial charge in [-0.05, 0) is 6.92 Å². The minimum atomic E-state index is -0.326. The number of amides is 1. The highest BCUT2D eigenvalue weighted by atomic mass is 32.1. The molecule has 1 N–H and O–H groups in total. The van der Waals surface area contributed by atoms with E-state index in [1.165, 1.54) is 28.9 Å². The van der Waals surface area contributed by atoms with E-state index < -0.39 is 0 Å². The molecule has 6 nitrogen and oxygen atoms in total. The maximum absolute atomic E-state index is 11.7. The first-order valence-electron chi connectivity index (χ1n) is 5.49. The molecule has 0 fully saturated rings. The van der Waals surface area contributed by atoms with E-state index in [2.05, 4.69) is 15.3 Å². The second-order valence-electron chi connectivity index (χ2n) is 3.45. The number of hydrogen-bond donors (Lipinski definition) is 1. The van der Waals surface area contributed by atoms with E-state index in [1.807, 2.05) is 0 Å². The first-order valence-corrected chi connectivity index (χ1v) is 7.25. The van der Waals surface area contributed by atoms with Crippen LogP contribution in [0.5, 0.6) is 0 Å². The fourth-order valence-electron chi connectivity index (χ4n) is 1.29. The Morgan fingerprint density at radius 1 is 1.42 bits per heavy atom. The maximum Gasteiger partial charge on any atom is 0.311 e. The van der Waals surface area contributed by atoms with Crippen LogP contribution in [-0.4, -0.2) is 28.5 Å². The van der Waals surface area contributed by atoms with Gasteiger partial charge in [0, 0.05) is 5.38 Å². The predicted octanol–water partition coefficient (Wildman–Crippen LogP) is 1.96. The van der Waals surface area contributed by atoms with Crippen LogP contribution in [0.15, 0.2) is 17.1 Å². The summed E-state index contributed by atoms with van der Waals surface area (Å²) in [5, 5.41) is 4.83. The number of rotatable bonds is 5. The number of carbonyl (C=O) groups excluding carboxylic acids is 2. The molecule has 0 saturated carbocycles. The zero-order chi connectivity index (χ0) is 13.7. The molecule has 0 radical (unpaired) electrons. The topological polar surface area (TPSA) is 81.2 Å². The summed E-state index contributed by atoms with van der Waals surface area (Å²) in [6.45, 7) is 2.09. The number of carbonyl (C=O) groups is 2. The molecule has 2 aromatic heterocycles. The van der Waals surface area contributed by atoms with Crippen LogP contribution in [0.2, 0.25) is 0 Å². The lowest BCUT2D eigenvalue weighted by Crippen LogP contribution is -2.11. The SMILES string of the molecule is CCOC(=O)Cc1csc(NC(=O)c2cncs2)n1. The zero-order valence-electron chi connectivity index (χ0n) is 10.1. The Balaban J connectivity index is 1.94. The van der Waals surface area contributed by atoms with Crippen molar-refractivity contribution in [3.05, 3.63) is 27.7 Å². The zero-order valence-corrected chi connectivity index (χ0v) is 11.7. The van der Waals surface area contributed by atoms with Crippen molar-refractivity contribution in [2.75, 3.05) is 11.9 Å². The van der Waals surface area contributed by atoms with Crippen LogP contribution in [0.3, 0.4) is 0 Å². The van der Waals surface area contributed by atoms with Crippen LogP contribution in [0, 0.1) is 0 Å². The predicted molar refractivity (Wildman–Crippen MR) is 72.5 cm³/mol. The van der Waals surface area contributed by atoms with Gasteiger partial charge < -0.3 is 4.74 Å². The minimum absolute atomic E-state index is 0.112.